The van der Waals surface area contributed by atoms with Crippen LogP contribution in [0, 0.1) is 11.8 Å². The molecule has 112 valence electrons. The molecule has 0 heterocycles. The number of hydrogen-bond acceptors (Lipinski definition) is 3. The van der Waals surface area contributed by atoms with Crippen LogP contribution < -0.4 is 15.2 Å². The monoisotopic (exact) mass is 277 g/mol. The molecule has 1 saturated carbocycles. The fraction of sp³-hybridized carbons (Fsp3) is 0.647. The molecule has 0 amide bonds. The molecule has 1 aromatic rings. The number of ether oxygens (including phenoxy) is 2. The quantitative estimate of drug-likeness (QED) is 0.887. The lowest BCUT2D eigenvalue weighted by Crippen LogP contribution is -2.30. The summed E-state index contributed by atoms with van der Waals surface area (Å²) in [6.45, 7) is 2.28. The summed E-state index contributed by atoms with van der Waals surface area (Å²) in [4.78, 5) is 0. The Morgan fingerprint density at radius 1 is 1.20 bits per heavy atom. The van der Waals surface area contributed by atoms with E-state index in [1.54, 1.807) is 14.2 Å². The summed E-state index contributed by atoms with van der Waals surface area (Å²) in [5.74, 6) is 2.84. The van der Waals surface area contributed by atoms with Gasteiger partial charge in [0.25, 0.3) is 0 Å². The van der Waals surface area contributed by atoms with Crippen molar-refractivity contribution in [2.75, 3.05) is 14.2 Å². The van der Waals surface area contributed by atoms with Gasteiger partial charge in [-0.15, -0.1) is 0 Å². The summed E-state index contributed by atoms with van der Waals surface area (Å²) in [6.07, 6.45) is 6.38. The van der Waals surface area contributed by atoms with Crippen molar-refractivity contribution >= 4 is 0 Å². The molecule has 0 saturated heterocycles. The van der Waals surface area contributed by atoms with Crippen molar-refractivity contribution in [1.82, 2.24) is 0 Å². The van der Waals surface area contributed by atoms with Crippen LogP contribution in [0.15, 0.2) is 18.2 Å². The minimum Gasteiger partial charge on any atom is -0.493 e. The third-order valence-electron chi connectivity index (χ3n) is 4.75. The molecule has 2 N–H and O–H groups in total. The minimum absolute atomic E-state index is 0.0327. The Morgan fingerprint density at radius 2 is 1.95 bits per heavy atom. The second-order valence-corrected chi connectivity index (χ2v) is 5.73. The van der Waals surface area contributed by atoms with Crippen LogP contribution in [0.5, 0.6) is 11.5 Å². The fourth-order valence-electron chi connectivity index (χ4n) is 3.62. The summed E-state index contributed by atoms with van der Waals surface area (Å²) in [6, 6.07) is 6.03. The first-order valence-corrected chi connectivity index (χ1v) is 7.69. The molecule has 3 atom stereocenters. The van der Waals surface area contributed by atoms with Gasteiger partial charge >= 0.3 is 0 Å². The van der Waals surface area contributed by atoms with Crippen LogP contribution in [0.3, 0.4) is 0 Å². The predicted molar refractivity (Wildman–Crippen MR) is 82.2 cm³/mol. The van der Waals surface area contributed by atoms with Crippen molar-refractivity contribution in [1.29, 1.82) is 0 Å². The highest BCUT2D eigenvalue weighted by molar-refractivity contribution is 5.48. The fourth-order valence-corrected chi connectivity index (χ4v) is 3.62. The molecule has 0 aliphatic heterocycles. The molecule has 0 spiro atoms. The highest BCUT2D eigenvalue weighted by Gasteiger charge is 2.31. The molecule has 0 aromatic heterocycles. The van der Waals surface area contributed by atoms with E-state index in [0.29, 0.717) is 5.92 Å². The van der Waals surface area contributed by atoms with Crippen molar-refractivity contribution in [3.05, 3.63) is 23.8 Å². The van der Waals surface area contributed by atoms with Crippen LogP contribution in [0.1, 0.15) is 50.6 Å². The first kappa shape index (κ1) is 15.2. The zero-order chi connectivity index (χ0) is 14.5. The lowest BCUT2D eigenvalue weighted by Gasteiger charge is -2.35. The molecule has 3 heteroatoms. The van der Waals surface area contributed by atoms with Gasteiger partial charge in [-0.25, -0.2) is 0 Å². The maximum Gasteiger partial charge on any atom is 0.165 e. The summed E-state index contributed by atoms with van der Waals surface area (Å²) < 4.78 is 10.9. The van der Waals surface area contributed by atoms with E-state index < -0.39 is 0 Å². The van der Waals surface area contributed by atoms with Gasteiger partial charge < -0.3 is 15.2 Å². The Morgan fingerprint density at radius 3 is 2.60 bits per heavy atom. The summed E-state index contributed by atoms with van der Waals surface area (Å²) in [7, 11) is 3.36. The smallest absolute Gasteiger partial charge is 0.165 e. The van der Waals surface area contributed by atoms with Crippen molar-refractivity contribution in [3.8, 4) is 11.5 Å². The predicted octanol–water partition coefficient (Wildman–Crippen LogP) is 3.92. The van der Waals surface area contributed by atoms with Gasteiger partial charge in [-0.1, -0.05) is 44.7 Å². The van der Waals surface area contributed by atoms with Crippen LogP contribution in [-0.4, -0.2) is 14.2 Å². The van der Waals surface area contributed by atoms with Gasteiger partial charge in [-0.05, 0) is 24.3 Å². The Balaban J connectivity index is 2.29. The molecular weight excluding hydrogens is 250 g/mol. The number of hydrogen-bond donors (Lipinski definition) is 1. The van der Waals surface area contributed by atoms with Gasteiger partial charge in [0.2, 0.25) is 0 Å². The van der Waals surface area contributed by atoms with Gasteiger partial charge in [0.05, 0.1) is 14.2 Å². The number of para-hydroxylation sites is 1. The molecule has 3 unspecified atom stereocenters. The van der Waals surface area contributed by atoms with Gasteiger partial charge in [0.1, 0.15) is 0 Å². The zero-order valence-corrected chi connectivity index (χ0v) is 12.9. The molecule has 2 rings (SSSR count). The Labute approximate surface area is 122 Å². The topological polar surface area (TPSA) is 44.5 Å². The van der Waals surface area contributed by atoms with E-state index in [0.717, 1.165) is 23.0 Å². The number of rotatable bonds is 5. The normalized spacial score (nSPS) is 24.2. The molecule has 1 fully saturated rings. The Bertz CT molecular complexity index is 433. The maximum atomic E-state index is 6.60. The zero-order valence-electron chi connectivity index (χ0n) is 12.9. The van der Waals surface area contributed by atoms with E-state index in [1.807, 2.05) is 12.1 Å². The van der Waals surface area contributed by atoms with Crippen LogP contribution in [0.25, 0.3) is 0 Å². The van der Waals surface area contributed by atoms with E-state index in [9.17, 15) is 0 Å². The van der Waals surface area contributed by atoms with E-state index >= 15 is 0 Å². The van der Waals surface area contributed by atoms with Crippen molar-refractivity contribution < 1.29 is 9.47 Å². The number of nitrogens with two attached hydrogens (primary N) is 1. The average Bonchev–Trinajstić information content (AvgIpc) is 2.53. The minimum atomic E-state index is 0.0327. The molecule has 1 aliphatic carbocycles. The molecule has 20 heavy (non-hydrogen) atoms. The van der Waals surface area contributed by atoms with E-state index in [4.69, 9.17) is 15.2 Å². The van der Waals surface area contributed by atoms with E-state index in [2.05, 4.69) is 13.0 Å². The van der Waals surface area contributed by atoms with Crippen molar-refractivity contribution in [2.45, 2.75) is 45.1 Å². The number of methoxy groups -OCH3 is 2. The third kappa shape index (κ3) is 2.93. The van der Waals surface area contributed by atoms with Crippen LogP contribution in [0.4, 0.5) is 0 Å². The molecule has 3 nitrogen and oxygen atoms in total. The SMILES string of the molecule is CCC1CCCCC1C(N)c1cccc(OC)c1OC. The molecular formula is C17H27NO2. The molecule has 0 bridgehead atoms. The maximum absolute atomic E-state index is 6.60. The molecule has 1 aliphatic rings. The molecule has 0 radical (unpaired) electrons. The standard InChI is InChI=1S/C17H27NO2/c1-4-12-8-5-6-9-13(12)16(18)14-10-7-11-15(19-2)17(14)20-3/h7,10-13,16H,4-6,8-9,18H2,1-3H3. The van der Waals surface area contributed by atoms with Crippen LogP contribution in [-0.2, 0) is 0 Å². The van der Waals surface area contributed by atoms with Gasteiger partial charge in [-0.2, -0.15) is 0 Å². The summed E-state index contributed by atoms with van der Waals surface area (Å²) >= 11 is 0. The summed E-state index contributed by atoms with van der Waals surface area (Å²) in [5, 5.41) is 0. The first-order chi connectivity index (χ1) is 9.72. The van der Waals surface area contributed by atoms with E-state index in [-0.39, 0.29) is 6.04 Å². The van der Waals surface area contributed by atoms with Crippen molar-refractivity contribution in [3.63, 3.8) is 0 Å². The Hall–Kier alpha value is -1.22. The van der Waals surface area contributed by atoms with E-state index in [1.165, 1.54) is 32.1 Å². The van der Waals surface area contributed by atoms with Crippen molar-refractivity contribution in [2.24, 2.45) is 17.6 Å². The Kier molecular flexibility index (Phi) is 5.30. The first-order valence-electron chi connectivity index (χ1n) is 7.69. The van der Waals surface area contributed by atoms with Crippen LogP contribution >= 0.6 is 0 Å². The lowest BCUT2D eigenvalue weighted by atomic mass is 9.72. The van der Waals surface area contributed by atoms with Gasteiger partial charge in [0.15, 0.2) is 11.5 Å². The largest absolute Gasteiger partial charge is 0.493 e. The number of benzene rings is 1. The second kappa shape index (κ2) is 6.98. The summed E-state index contributed by atoms with van der Waals surface area (Å²) in [5.41, 5.74) is 7.68. The third-order valence-corrected chi connectivity index (χ3v) is 4.75. The second-order valence-electron chi connectivity index (χ2n) is 5.73. The highest BCUT2D eigenvalue weighted by atomic mass is 16.5. The average molecular weight is 277 g/mol. The van der Waals surface area contributed by atoms with Gasteiger partial charge in [-0.3, -0.25) is 0 Å². The van der Waals surface area contributed by atoms with Gasteiger partial charge in [0, 0.05) is 11.6 Å². The highest BCUT2D eigenvalue weighted by Crippen LogP contribution is 2.43. The van der Waals surface area contributed by atoms with Crippen LogP contribution in [0.2, 0.25) is 0 Å². The molecule has 1 aromatic carbocycles. The lowest BCUT2D eigenvalue weighted by molar-refractivity contribution is 0.194.